The number of aromatic nitrogens is 1. The molecule has 0 aromatic carbocycles. The van der Waals surface area contributed by atoms with Crippen molar-refractivity contribution in [2.45, 2.75) is 26.4 Å². The molecule has 1 rings (SSSR count). The minimum Gasteiger partial charge on any atom is -0.309 e. The third-order valence-corrected chi connectivity index (χ3v) is 2.63. The number of hydrogen-bond acceptors (Lipinski definition) is 3. The number of nitrogens with zero attached hydrogens (tertiary/aromatic N) is 1. The maximum atomic E-state index is 4.26. The van der Waals surface area contributed by atoms with Crippen molar-refractivity contribution in [1.29, 1.82) is 0 Å². The van der Waals surface area contributed by atoms with Gasteiger partial charge in [-0.3, -0.25) is 0 Å². The minimum absolute atomic E-state index is 0.524. The molecule has 0 bridgehead atoms. The molecule has 0 unspecified atom stereocenters. The Labute approximate surface area is 79.2 Å². The molecule has 1 heterocycles. The van der Waals surface area contributed by atoms with Gasteiger partial charge in [-0.2, -0.15) is 0 Å². The Morgan fingerprint density at radius 3 is 2.91 bits per heavy atom. The fourth-order valence-electron chi connectivity index (χ4n) is 0.672. The van der Waals surface area contributed by atoms with E-state index in [4.69, 9.17) is 0 Å². The molecule has 1 aromatic rings. The van der Waals surface area contributed by atoms with E-state index in [0.29, 0.717) is 6.04 Å². The highest BCUT2D eigenvalue weighted by atomic mass is 79.9. The Morgan fingerprint density at radius 2 is 2.45 bits per heavy atom. The first kappa shape index (κ1) is 9.16. The van der Waals surface area contributed by atoms with Crippen LogP contribution >= 0.6 is 27.3 Å². The predicted molar refractivity (Wildman–Crippen MR) is 51.8 cm³/mol. The maximum absolute atomic E-state index is 4.26. The molecule has 0 aliphatic heterocycles. The van der Waals surface area contributed by atoms with Crippen molar-refractivity contribution < 1.29 is 0 Å². The number of nitrogens with one attached hydrogen (secondary N) is 1. The van der Waals surface area contributed by atoms with Crippen LogP contribution in [0.3, 0.4) is 0 Å². The molecule has 0 aliphatic carbocycles. The van der Waals surface area contributed by atoms with Crippen LogP contribution in [0.1, 0.15) is 19.5 Å². The maximum Gasteiger partial charge on any atom is 0.159 e. The van der Waals surface area contributed by atoms with Crippen LogP contribution in [0.15, 0.2) is 9.30 Å². The van der Waals surface area contributed by atoms with Crippen molar-refractivity contribution in [1.82, 2.24) is 10.3 Å². The fraction of sp³-hybridized carbons (Fsp3) is 0.571. The van der Waals surface area contributed by atoms with Crippen molar-refractivity contribution in [2.24, 2.45) is 0 Å². The van der Waals surface area contributed by atoms with Crippen molar-refractivity contribution in [3.8, 4) is 0 Å². The van der Waals surface area contributed by atoms with Crippen molar-refractivity contribution >= 4 is 27.3 Å². The summed E-state index contributed by atoms with van der Waals surface area (Å²) >= 11 is 4.94. The van der Waals surface area contributed by atoms with Crippen LogP contribution < -0.4 is 5.32 Å². The summed E-state index contributed by atoms with van der Waals surface area (Å²) in [5.74, 6) is 0. The first-order valence-corrected chi connectivity index (χ1v) is 5.19. The van der Waals surface area contributed by atoms with E-state index in [-0.39, 0.29) is 0 Å². The second kappa shape index (κ2) is 4.18. The summed E-state index contributed by atoms with van der Waals surface area (Å²) in [4.78, 5) is 4.26. The molecule has 4 heteroatoms. The van der Waals surface area contributed by atoms with E-state index in [1.165, 1.54) is 0 Å². The van der Waals surface area contributed by atoms with Crippen LogP contribution in [0.2, 0.25) is 0 Å². The van der Waals surface area contributed by atoms with Crippen LogP contribution in [-0.2, 0) is 6.54 Å². The van der Waals surface area contributed by atoms with Crippen LogP contribution in [-0.4, -0.2) is 11.0 Å². The molecule has 0 spiro atoms. The summed E-state index contributed by atoms with van der Waals surface area (Å²) in [5.41, 5.74) is 1.11. The molecule has 2 nitrogen and oxygen atoms in total. The van der Waals surface area contributed by atoms with Gasteiger partial charge in [0.15, 0.2) is 3.92 Å². The zero-order chi connectivity index (χ0) is 8.27. The lowest BCUT2D eigenvalue weighted by Gasteiger charge is -2.04. The van der Waals surface area contributed by atoms with E-state index >= 15 is 0 Å². The molecule has 1 N–H and O–H groups in total. The predicted octanol–water partition coefficient (Wildman–Crippen LogP) is 2.40. The van der Waals surface area contributed by atoms with Gasteiger partial charge in [0.25, 0.3) is 0 Å². The highest BCUT2D eigenvalue weighted by molar-refractivity contribution is 9.11. The van der Waals surface area contributed by atoms with Gasteiger partial charge in [0.1, 0.15) is 0 Å². The topological polar surface area (TPSA) is 24.9 Å². The average molecular weight is 235 g/mol. The highest BCUT2D eigenvalue weighted by Crippen LogP contribution is 2.15. The largest absolute Gasteiger partial charge is 0.309 e. The van der Waals surface area contributed by atoms with Gasteiger partial charge in [-0.25, -0.2) is 4.98 Å². The molecule has 62 valence electrons. The SMILES string of the molecule is CC(C)NCc1csc(Br)n1. The van der Waals surface area contributed by atoms with Crippen LogP contribution in [0.25, 0.3) is 0 Å². The lowest BCUT2D eigenvalue weighted by atomic mass is 10.4. The van der Waals surface area contributed by atoms with Crippen LogP contribution in [0, 0.1) is 0 Å². The summed E-state index contributed by atoms with van der Waals surface area (Å²) in [5, 5.41) is 5.35. The number of rotatable bonds is 3. The zero-order valence-electron chi connectivity index (χ0n) is 6.60. The molecule has 0 amide bonds. The van der Waals surface area contributed by atoms with Crippen molar-refractivity contribution in [2.75, 3.05) is 0 Å². The molecule has 0 saturated heterocycles. The van der Waals surface area contributed by atoms with Crippen molar-refractivity contribution in [3.63, 3.8) is 0 Å². The Kier molecular flexibility index (Phi) is 3.48. The van der Waals surface area contributed by atoms with Crippen LogP contribution in [0.5, 0.6) is 0 Å². The highest BCUT2D eigenvalue weighted by Gasteiger charge is 1.98. The first-order chi connectivity index (χ1) is 5.18. The normalized spacial score (nSPS) is 10.9. The van der Waals surface area contributed by atoms with E-state index in [1.54, 1.807) is 11.3 Å². The Bertz CT molecular complexity index is 222. The molecule has 1 aromatic heterocycles. The summed E-state index contributed by atoms with van der Waals surface area (Å²) in [6.45, 7) is 5.11. The summed E-state index contributed by atoms with van der Waals surface area (Å²) in [6.07, 6.45) is 0. The van der Waals surface area contributed by atoms with Gasteiger partial charge >= 0.3 is 0 Å². The average Bonchev–Trinajstić information content (AvgIpc) is 2.31. The summed E-state index contributed by atoms with van der Waals surface area (Å²) in [6, 6.07) is 0.524. The van der Waals surface area contributed by atoms with E-state index < -0.39 is 0 Å². The second-order valence-electron chi connectivity index (χ2n) is 2.63. The van der Waals surface area contributed by atoms with Gasteiger partial charge < -0.3 is 5.32 Å². The van der Waals surface area contributed by atoms with E-state index in [1.807, 2.05) is 0 Å². The molecular formula is C7H11BrN2S. The lowest BCUT2D eigenvalue weighted by molar-refractivity contribution is 0.582. The third kappa shape index (κ3) is 3.31. The van der Waals surface area contributed by atoms with Gasteiger partial charge in [0, 0.05) is 18.0 Å². The van der Waals surface area contributed by atoms with Gasteiger partial charge in [-0.15, -0.1) is 11.3 Å². The molecule has 11 heavy (non-hydrogen) atoms. The second-order valence-corrected chi connectivity index (χ2v) is 4.76. The van der Waals surface area contributed by atoms with Gasteiger partial charge in [0.05, 0.1) is 5.69 Å². The van der Waals surface area contributed by atoms with Crippen molar-refractivity contribution in [3.05, 3.63) is 15.0 Å². The molecule has 0 radical (unpaired) electrons. The van der Waals surface area contributed by atoms with Crippen LogP contribution in [0.4, 0.5) is 0 Å². The first-order valence-electron chi connectivity index (χ1n) is 3.52. The van der Waals surface area contributed by atoms with Gasteiger partial charge in [0.2, 0.25) is 0 Å². The number of thiazole rings is 1. The third-order valence-electron chi connectivity index (χ3n) is 1.22. The Morgan fingerprint density at radius 1 is 1.73 bits per heavy atom. The Balaban J connectivity index is 2.39. The van der Waals surface area contributed by atoms with Gasteiger partial charge in [-0.1, -0.05) is 13.8 Å². The molecule has 0 aliphatic rings. The number of hydrogen-bond donors (Lipinski definition) is 1. The summed E-state index contributed by atoms with van der Waals surface area (Å²) in [7, 11) is 0. The number of halogens is 1. The van der Waals surface area contributed by atoms with E-state index in [2.05, 4.69) is 45.5 Å². The molecule has 0 fully saturated rings. The minimum atomic E-state index is 0.524. The molecule has 0 saturated carbocycles. The zero-order valence-corrected chi connectivity index (χ0v) is 9.00. The Hall–Kier alpha value is 0.0700. The monoisotopic (exact) mass is 234 g/mol. The van der Waals surface area contributed by atoms with E-state index in [0.717, 1.165) is 16.2 Å². The molecular weight excluding hydrogens is 224 g/mol. The fourth-order valence-corrected chi connectivity index (χ4v) is 1.72. The smallest absolute Gasteiger partial charge is 0.159 e. The van der Waals surface area contributed by atoms with Gasteiger partial charge in [-0.05, 0) is 15.9 Å². The molecule has 0 atom stereocenters. The lowest BCUT2D eigenvalue weighted by Crippen LogP contribution is -2.21. The van der Waals surface area contributed by atoms with E-state index in [9.17, 15) is 0 Å². The standard InChI is InChI=1S/C7H11BrN2S/c1-5(2)9-3-6-4-11-7(8)10-6/h4-5,9H,3H2,1-2H3. The quantitative estimate of drug-likeness (QED) is 0.870. The summed E-state index contributed by atoms with van der Waals surface area (Å²) < 4.78 is 0.957.